The summed E-state index contributed by atoms with van der Waals surface area (Å²) < 4.78 is 0. The van der Waals surface area contributed by atoms with Crippen LogP contribution in [0.15, 0.2) is 12.7 Å². The molecule has 0 atom stereocenters. The van der Waals surface area contributed by atoms with Gasteiger partial charge in [-0.05, 0) is 19.3 Å². The Morgan fingerprint density at radius 3 is 2.64 bits per heavy atom. The molecule has 1 saturated carbocycles. The highest BCUT2D eigenvalue weighted by Gasteiger charge is 2.39. The highest BCUT2D eigenvalue weighted by atomic mass is 16.2. The van der Waals surface area contributed by atoms with Crippen molar-refractivity contribution in [3.8, 4) is 0 Å². The molecule has 0 aromatic heterocycles. The summed E-state index contributed by atoms with van der Waals surface area (Å²) in [6, 6.07) is 0. The Kier molecular flexibility index (Phi) is 4.14. The first-order valence-electron chi connectivity index (χ1n) is 5.34. The Morgan fingerprint density at radius 2 is 2.14 bits per heavy atom. The van der Waals surface area contributed by atoms with Crippen molar-refractivity contribution in [3.05, 3.63) is 12.7 Å². The zero-order chi connectivity index (χ0) is 10.4. The van der Waals surface area contributed by atoms with Crippen LogP contribution < -0.4 is 11.1 Å². The molecule has 0 saturated heterocycles. The third-order valence-corrected chi connectivity index (χ3v) is 3.07. The van der Waals surface area contributed by atoms with Crippen molar-refractivity contribution in [2.75, 3.05) is 13.1 Å². The van der Waals surface area contributed by atoms with Crippen LogP contribution in [-0.4, -0.2) is 19.0 Å². The van der Waals surface area contributed by atoms with Gasteiger partial charge in [0.15, 0.2) is 0 Å². The molecule has 0 aromatic carbocycles. The average Bonchev–Trinajstić information content (AvgIpc) is 2.67. The van der Waals surface area contributed by atoms with Crippen molar-refractivity contribution in [1.29, 1.82) is 0 Å². The van der Waals surface area contributed by atoms with E-state index in [9.17, 15) is 4.79 Å². The lowest BCUT2D eigenvalue weighted by atomic mass is 9.85. The Morgan fingerprint density at radius 1 is 1.50 bits per heavy atom. The molecule has 0 spiro atoms. The predicted octanol–water partition coefficient (Wildman–Crippen LogP) is 1.20. The normalized spacial score (nSPS) is 19.2. The summed E-state index contributed by atoms with van der Waals surface area (Å²) in [6.45, 7) is 4.78. The molecular formula is C11H20N2O. The van der Waals surface area contributed by atoms with E-state index in [-0.39, 0.29) is 11.3 Å². The number of carbonyl (C=O) groups excluding carboxylic acids is 1. The highest BCUT2D eigenvalue weighted by Crippen LogP contribution is 2.37. The molecule has 0 aromatic rings. The van der Waals surface area contributed by atoms with Gasteiger partial charge in [0.1, 0.15) is 0 Å². The van der Waals surface area contributed by atoms with E-state index in [2.05, 4.69) is 11.9 Å². The second kappa shape index (κ2) is 5.15. The van der Waals surface area contributed by atoms with Crippen LogP contribution in [0.2, 0.25) is 0 Å². The van der Waals surface area contributed by atoms with Crippen LogP contribution in [0.1, 0.15) is 32.1 Å². The zero-order valence-corrected chi connectivity index (χ0v) is 8.72. The van der Waals surface area contributed by atoms with Gasteiger partial charge in [-0.2, -0.15) is 0 Å². The minimum Gasteiger partial charge on any atom is -0.355 e. The average molecular weight is 196 g/mol. The molecule has 0 unspecified atom stereocenters. The molecule has 14 heavy (non-hydrogen) atoms. The Balaban J connectivity index is 2.43. The first kappa shape index (κ1) is 11.2. The fourth-order valence-corrected chi connectivity index (χ4v) is 2.05. The number of rotatable bonds is 5. The summed E-state index contributed by atoms with van der Waals surface area (Å²) in [5.41, 5.74) is 5.43. The summed E-state index contributed by atoms with van der Waals surface area (Å²) in [5, 5.41) is 2.93. The zero-order valence-electron chi connectivity index (χ0n) is 8.72. The van der Waals surface area contributed by atoms with Gasteiger partial charge >= 0.3 is 0 Å². The third-order valence-electron chi connectivity index (χ3n) is 3.07. The lowest BCUT2D eigenvalue weighted by Gasteiger charge is -2.25. The van der Waals surface area contributed by atoms with Crippen molar-refractivity contribution in [2.45, 2.75) is 32.1 Å². The summed E-state index contributed by atoms with van der Waals surface area (Å²) in [7, 11) is 0. The maximum absolute atomic E-state index is 11.8. The van der Waals surface area contributed by atoms with E-state index in [1.54, 1.807) is 0 Å². The summed E-state index contributed by atoms with van der Waals surface area (Å²) in [5.74, 6) is 0.138. The molecule has 0 radical (unpaired) electrons. The van der Waals surface area contributed by atoms with Crippen molar-refractivity contribution in [1.82, 2.24) is 5.32 Å². The van der Waals surface area contributed by atoms with Crippen molar-refractivity contribution in [2.24, 2.45) is 11.1 Å². The van der Waals surface area contributed by atoms with Gasteiger partial charge < -0.3 is 11.1 Å². The fourth-order valence-electron chi connectivity index (χ4n) is 2.05. The van der Waals surface area contributed by atoms with Crippen molar-refractivity contribution >= 4 is 5.91 Å². The molecule has 1 amide bonds. The molecular weight excluding hydrogens is 176 g/mol. The highest BCUT2D eigenvalue weighted by molar-refractivity contribution is 5.83. The second-order valence-electron chi connectivity index (χ2n) is 4.02. The van der Waals surface area contributed by atoms with Gasteiger partial charge in [-0.1, -0.05) is 18.9 Å². The van der Waals surface area contributed by atoms with E-state index >= 15 is 0 Å². The van der Waals surface area contributed by atoms with E-state index in [4.69, 9.17) is 5.73 Å². The third kappa shape index (κ3) is 2.35. The number of hydrogen-bond acceptors (Lipinski definition) is 2. The topological polar surface area (TPSA) is 55.1 Å². The van der Waals surface area contributed by atoms with Crippen LogP contribution in [0, 0.1) is 5.41 Å². The molecule has 3 N–H and O–H groups in total. The summed E-state index contributed by atoms with van der Waals surface area (Å²) in [6.07, 6.45) is 6.79. The molecule has 1 fully saturated rings. The monoisotopic (exact) mass is 196 g/mol. The van der Waals surface area contributed by atoms with Crippen LogP contribution in [0.3, 0.4) is 0 Å². The quantitative estimate of drug-likeness (QED) is 0.513. The van der Waals surface area contributed by atoms with E-state index in [1.165, 1.54) is 0 Å². The van der Waals surface area contributed by atoms with Crippen LogP contribution in [0.4, 0.5) is 0 Å². The Hall–Kier alpha value is -0.830. The summed E-state index contributed by atoms with van der Waals surface area (Å²) >= 11 is 0. The number of carbonyl (C=O) groups is 1. The Labute approximate surface area is 85.7 Å². The van der Waals surface area contributed by atoms with Gasteiger partial charge in [0.25, 0.3) is 0 Å². The van der Waals surface area contributed by atoms with Gasteiger partial charge in [-0.3, -0.25) is 4.79 Å². The summed E-state index contributed by atoms with van der Waals surface area (Å²) in [4.78, 5) is 11.8. The lowest BCUT2D eigenvalue weighted by Crippen LogP contribution is -2.44. The van der Waals surface area contributed by atoms with Crippen LogP contribution in [0.25, 0.3) is 0 Å². The molecule has 0 aliphatic heterocycles. The maximum atomic E-state index is 11.8. The van der Waals surface area contributed by atoms with Gasteiger partial charge in [-0.15, -0.1) is 6.58 Å². The fraction of sp³-hybridized carbons (Fsp3) is 0.727. The first-order valence-corrected chi connectivity index (χ1v) is 5.34. The molecule has 80 valence electrons. The maximum Gasteiger partial charge on any atom is 0.227 e. The largest absolute Gasteiger partial charge is 0.355 e. The first-order chi connectivity index (χ1) is 6.75. The standard InChI is InChI=1S/C11H20N2O/c1-2-3-8-13-10(14)11(9-12)6-4-5-7-11/h2H,1,3-9,12H2,(H,13,14). The molecule has 1 rings (SSSR count). The van der Waals surface area contributed by atoms with E-state index < -0.39 is 0 Å². The van der Waals surface area contributed by atoms with Crippen LogP contribution in [0.5, 0.6) is 0 Å². The predicted molar refractivity (Wildman–Crippen MR) is 57.8 cm³/mol. The Bertz CT molecular complexity index is 207. The van der Waals surface area contributed by atoms with E-state index in [1.807, 2.05) is 6.08 Å². The van der Waals surface area contributed by atoms with Gasteiger partial charge in [-0.25, -0.2) is 0 Å². The molecule has 1 aliphatic rings. The van der Waals surface area contributed by atoms with Gasteiger partial charge in [0.05, 0.1) is 5.41 Å². The lowest BCUT2D eigenvalue weighted by molar-refractivity contribution is -0.130. The van der Waals surface area contributed by atoms with Crippen LogP contribution >= 0.6 is 0 Å². The molecule has 3 heteroatoms. The van der Waals surface area contributed by atoms with Crippen molar-refractivity contribution in [3.63, 3.8) is 0 Å². The molecule has 0 heterocycles. The number of amides is 1. The smallest absolute Gasteiger partial charge is 0.227 e. The van der Waals surface area contributed by atoms with Crippen LogP contribution in [-0.2, 0) is 4.79 Å². The van der Waals surface area contributed by atoms with E-state index in [0.717, 1.165) is 32.1 Å². The minimum absolute atomic E-state index is 0.138. The molecule has 1 aliphatic carbocycles. The molecule has 0 bridgehead atoms. The van der Waals surface area contributed by atoms with E-state index in [0.29, 0.717) is 13.1 Å². The SMILES string of the molecule is C=CCCNC(=O)C1(CN)CCCC1. The number of nitrogens with two attached hydrogens (primary N) is 1. The molecule has 3 nitrogen and oxygen atoms in total. The minimum atomic E-state index is -0.263. The second-order valence-corrected chi connectivity index (χ2v) is 4.02. The van der Waals surface area contributed by atoms with Crippen molar-refractivity contribution < 1.29 is 4.79 Å². The van der Waals surface area contributed by atoms with Gasteiger partial charge in [0, 0.05) is 13.1 Å². The number of nitrogens with one attached hydrogen (secondary N) is 1. The number of hydrogen-bond donors (Lipinski definition) is 2. The van der Waals surface area contributed by atoms with Gasteiger partial charge in [0.2, 0.25) is 5.91 Å².